The fraction of sp³-hybridized carbons (Fsp3) is 0.0566. The van der Waals surface area contributed by atoms with Crippen LogP contribution >= 0.6 is 0 Å². The minimum absolute atomic E-state index is 0.0993. The molecule has 0 N–H and O–H groups in total. The van der Waals surface area contributed by atoms with Gasteiger partial charge in [-0.05, 0) is 71.8 Å². The number of nitrogens with zero attached hydrogens (tertiary/aromatic N) is 4. The van der Waals surface area contributed by atoms with E-state index in [0.29, 0.717) is 0 Å². The van der Waals surface area contributed by atoms with Crippen molar-refractivity contribution in [3.63, 3.8) is 0 Å². The third-order valence-electron chi connectivity index (χ3n) is 12.4. The zero-order chi connectivity index (χ0) is 37.7. The van der Waals surface area contributed by atoms with Crippen molar-refractivity contribution in [3.8, 4) is 11.4 Å². The highest BCUT2D eigenvalue weighted by Crippen LogP contribution is 2.46. The van der Waals surface area contributed by atoms with Crippen molar-refractivity contribution in [2.75, 3.05) is 0 Å². The zero-order valence-electron chi connectivity index (χ0n) is 31.3. The fourth-order valence-corrected chi connectivity index (χ4v) is 9.73. The molecule has 4 heteroatoms. The molecule has 12 rings (SSSR count). The average molecular weight is 729 g/mol. The van der Waals surface area contributed by atoms with Crippen LogP contribution in [0.1, 0.15) is 18.1 Å². The molecule has 4 nitrogen and oxygen atoms in total. The van der Waals surface area contributed by atoms with E-state index >= 15 is 0 Å². The molecule has 0 amide bonds. The Morgan fingerprint density at radius 3 is 1.89 bits per heavy atom. The largest absolute Gasteiger partial charge is 0.309 e. The summed E-state index contributed by atoms with van der Waals surface area (Å²) in [5.41, 5.74) is 11.9. The molecule has 1 aliphatic heterocycles. The van der Waals surface area contributed by atoms with E-state index in [2.05, 4.69) is 210 Å². The molecule has 0 spiro atoms. The molecule has 3 heterocycles. The van der Waals surface area contributed by atoms with Crippen LogP contribution in [0, 0.1) is 5.92 Å². The molecule has 0 bridgehead atoms. The summed E-state index contributed by atoms with van der Waals surface area (Å²) in [4.78, 5) is 11.1. The first-order valence-electron chi connectivity index (χ1n) is 19.7. The van der Waals surface area contributed by atoms with Crippen LogP contribution in [-0.2, 0) is 0 Å². The van der Waals surface area contributed by atoms with Gasteiger partial charge in [-0.1, -0.05) is 146 Å². The number of benzene rings is 7. The third-order valence-corrected chi connectivity index (χ3v) is 12.4. The van der Waals surface area contributed by atoms with E-state index in [0.717, 1.165) is 50.7 Å². The lowest BCUT2D eigenvalue weighted by atomic mass is 9.68. The summed E-state index contributed by atoms with van der Waals surface area (Å²) >= 11 is 0. The number of hydrogen-bond acceptors (Lipinski definition) is 2. The lowest BCUT2D eigenvalue weighted by Crippen LogP contribution is -2.43. The van der Waals surface area contributed by atoms with Gasteiger partial charge >= 0.3 is 0 Å². The van der Waals surface area contributed by atoms with Crippen molar-refractivity contribution in [3.05, 3.63) is 216 Å². The maximum absolute atomic E-state index is 5.61. The Kier molecular flexibility index (Phi) is 6.79. The Hall–Kier alpha value is -7.30. The first-order chi connectivity index (χ1) is 28.1. The van der Waals surface area contributed by atoms with Crippen molar-refractivity contribution in [2.24, 2.45) is 15.9 Å². The normalized spacial score (nSPS) is 18.8. The van der Waals surface area contributed by atoms with Crippen LogP contribution in [0.5, 0.6) is 0 Å². The van der Waals surface area contributed by atoms with E-state index in [4.69, 9.17) is 9.98 Å². The van der Waals surface area contributed by atoms with E-state index in [9.17, 15) is 0 Å². The minimum atomic E-state index is -0.541. The Morgan fingerprint density at radius 2 is 1.14 bits per heavy atom. The smallest absolute Gasteiger partial charge is 0.156 e. The Bertz CT molecular complexity index is 3320. The highest BCUT2D eigenvalue weighted by Gasteiger charge is 2.45. The quantitative estimate of drug-likeness (QED) is 0.173. The molecule has 0 radical (unpaired) electrons. The molecule has 7 aromatic carbocycles. The van der Waals surface area contributed by atoms with Gasteiger partial charge in [0.05, 0.1) is 33.3 Å². The summed E-state index contributed by atoms with van der Waals surface area (Å²) in [6, 6.07) is 57.0. The molecule has 9 aromatic rings. The van der Waals surface area contributed by atoms with Crippen molar-refractivity contribution >= 4 is 65.9 Å². The maximum atomic E-state index is 5.61. The molecule has 2 unspecified atom stereocenters. The topological polar surface area (TPSA) is 34.6 Å². The van der Waals surface area contributed by atoms with Crippen molar-refractivity contribution in [2.45, 2.75) is 12.5 Å². The van der Waals surface area contributed by atoms with Gasteiger partial charge in [0, 0.05) is 55.5 Å². The number of fused-ring (bicyclic) bond motifs is 10. The number of para-hydroxylation sites is 3. The molecule has 2 atom stereocenters. The number of hydrogen-bond donors (Lipinski definition) is 0. The Balaban J connectivity index is 1.05. The summed E-state index contributed by atoms with van der Waals surface area (Å²) in [7, 11) is 0. The van der Waals surface area contributed by atoms with Crippen LogP contribution in [0.2, 0.25) is 0 Å². The van der Waals surface area contributed by atoms with Gasteiger partial charge in [0.15, 0.2) is 5.84 Å². The monoisotopic (exact) mass is 728 g/mol. The summed E-state index contributed by atoms with van der Waals surface area (Å²) < 4.78 is 4.79. The minimum Gasteiger partial charge on any atom is -0.309 e. The fourth-order valence-electron chi connectivity index (χ4n) is 9.73. The predicted molar refractivity (Wildman–Crippen MR) is 238 cm³/mol. The van der Waals surface area contributed by atoms with Crippen molar-refractivity contribution in [1.29, 1.82) is 0 Å². The molecule has 0 saturated carbocycles. The number of allylic oxidation sites excluding steroid dienone is 5. The average Bonchev–Trinajstić information content (AvgIpc) is 3.78. The SMILES string of the molecule is CC12N=C(c3cccc(-n4c5ccccc5c5cc(-n6c7ccccc7c7ccccc76)ccc54)c3)N=C(c3cccc4ccccc34)C1=CC=C1C=CC=CC12. The van der Waals surface area contributed by atoms with Gasteiger partial charge in [-0.15, -0.1) is 0 Å². The van der Waals surface area contributed by atoms with Gasteiger partial charge in [0.1, 0.15) is 0 Å². The number of aliphatic imine (C=N–C) groups is 2. The summed E-state index contributed by atoms with van der Waals surface area (Å²) in [5.74, 6) is 0.847. The molecule has 3 aliphatic rings. The molecule has 268 valence electrons. The first-order valence-corrected chi connectivity index (χ1v) is 19.7. The molecule has 2 aliphatic carbocycles. The highest BCUT2D eigenvalue weighted by molar-refractivity contribution is 6.26. The van der Waals surface area contributed by atoms with Gasteiger partial charge in [0.25, 0.3) is 0 Å². The van der Waals surface area contributed by atoms with Gasteiger partial charge < -0.3 is 9.13 Å². The molecular weight excluding hydrogens is 693 g/mol. The number of aromatic nitrogens is 2. The van der Waals surface area contributed by atoms with Crippen LogP contribution in [-0.4, -0.2) is 26.2 Å². The molecule has 2 aromatic heterocycles. The summed E-state index contributed by atoms with van der Waals surface area (Å²) in [6.45, 7) is 2.28. The van der Waals surface area contributed by atoms with Crippen molar-refractivity contribution < 1.29 is 0 Å². The van der Waals surface area contributed by atoms with Crippen LogP contribution in [0.15, 0.2) is 215 Å². The van der Waals surface area contributed by atoms with Crippen LogP contribution in [0.3, 0.4) is 0 Å². The third kappa shape index (κ3) is 4.68. The highest BCUT2D eigenvalue weighted by atomic mass is 15.0. The van der Waals surface area contributed by atoms with Gasteiger partial charge in [-0.3, -0.25) is 4.99 Å². The predicted octanol–water partition coefficient (Wildman–Crippen LogP) is 12.7. The standard InChI is InChI=1S/C53H36N4/c1-53-45-24-8-3-15-35(45)28-30-46(53)51(43-23-13-16-34-14-2-4-19-39(34)43)54-52(55-53)36-17-12-18-37(32-36)56-49-27-11-7-22-42(49)44-33-38(29-31-50(44)56)57-47-25-9-5-20-40(47)41-21-6-10-26-48(41)57/h2-33,45H,1H3. The Labute approximate surface area is 330 Å². The molecular formula is C53H36N4. The molecule has 0 fully saturated rings. The van der Waals surface area contributed by atoms with Crippen LogP contribution < -0.4 is 0 Å². The van der Waals surface area contributed by atoms with Crippen LogP contribution in [0.25, 0.3) is 65.8 Å². The van der Waals surface area contributed by atoms with Gasteiger partial charge in [-0.25, -0.2) is 4.99 Å². The first kappa shape index (κ1) is 32.0. The number of rotatable bonds is 4. The zero-order valence-corrected chi connectivity index (χ0v) is 31.3. The second-order valence-corrected chi connectivity index (χ2v) is 15.5. The van der Waals surface area contributed by atoms with E-state index < -0.39 is 5.54 Å². The van der Waals surface area contributed by atoms with Crippen LogP contribution in [0.4, 0.5) is 0 Å². The number of amidine groups is 1. The van der Waals surface area contributed by atoms with Gasteiger partial charge in [0.2, 0.25) is 0 Å². The van der Waals surface area contributed by atoms with E-state index in [1.807, 2.05) is 0 Å². The molecule has 0 saturated heterocycles. The lowest BCUT2D eigenvalue weighted by molar-refractivity contribution is 0.465. The van der Waals surface area contributed by atoms with Crippen molar-refractivity contribution in [1.82, 2.24) is 9.13 Å². The van der Waals surface area contributed by atoms with Gasteiger partial charge in [-0.2, -0.15) is 0 Å². The summed E-state index contributed by atoms with van der Waals surface area (Å²) in [6.07, 6.45) is 13.3. The summed E-state index contributed by atoms with van der Waals surface area (Å²) in [5, 5.41) is 7.34. The van der Waals surface area contributed by atoms with E-state index in [1.54, 1.807) is 0 Å². The van der Waals surface area contributed by atoms with E-state index in [-0.39, 0.29) is 5.92 Å². The van der Waals surface area contributed by atoms with E-state index in [1.165, 1.54) is 48.9 Å². The maximum Gasteiger partial charge on any atom is 0.156 e. The molecule has 57 heavy (non-hydrogen) atoms. The second-order valence-electron chi connectivity index (χ2n) is 15.5. The Morgan fingerprint density at radius 1 is 0.526 bits per heavy atom. The second kappa shape index (κ2) is 12.1. The lowest BCUT2D eigenvalue weighted by Gasteiger charge is -2.42.